The van der Waals surface area contributed by atoms with Gasteiger partial charge < -0.3 is 10.1 Å². The molecule has 2 N–H and O–H groups in total. The van der Waals surface area contributed by atoms with Crippen LogP contribution in [0.1, 0.15) is 11.2 Å². The van der Waals surface area contributed by atoms with E-state index in [4.69, 9.17) is 16.7 Å². The number of H-pyrrole nitrogens is 1. The molecule has 0 aromatic carbocycles. The Morgan fingerprint density at radius 2 is 2.00 bits per heavy atom. The quantitative estimate of drug-likeness (QED) is 0.704. The predicted molar refractivity (Wildman–Crippen MR) is 62.8 cm³/mol. The largest absolute Gasteiger partial charge is 0.480 e. The first-order chi connectivity index (χ1) is 8.34. The highest BCUT2D eigenvalue weighted by Gasteiger charge is 2.22. The van der Waals surface area contributed by atoms with Crippen LogP contribution in [0, 0.1) is 0 Å². The van der Waals surface area contributed by atoms with E-state index in [-0.39, 0.29) is 17.0 Å². The molecule has 0 aliphatic carbocycles. The molecule has 9 heteroatoms. The van der Waals surface area contributed by atoms with Gasteiger partial charge in [0, 0.05) is 14.1 Å². The molecule has 0 saturated carbocycles. The number of aromatic nitrogens is 4. The number of imidazole rings is 1. The van der Waals surface area contributed by atoms with Crippen LogP contribution in [0.4, 0.5) is 0 Å². The van der Waals surface area contributed by atoms with Crippen LogP contribution in [0.3, 0.4) is 0 Å². The topological polar surface area (TPSA) is 110 Å². The molecule has 0 aliphatic heterocycles. The minimum atomic E-state index is -1.41. The SMILES string of the molecule is Cn1c(=O)c2[nH]c(C(Cl)C(=O)O)nc2n(C)c1=O. The molecule has 2 rings (SSSR count). The van der Waals surface area contributed by atoms with E-state index in [2.05, 4.69) is 9.97 Å². The molecule has 0 bridgehead atoms. The molecule has 0 spiro atoms. The lowest BCUT2D eigenvalue weighted by Gasteiger charge is -2.00. The Balaban J connectivity index is 2.85. The van der Waals surface area contributed by atoms with Gasteiger partial charge in [0.1, 0.15) is 11.3 Å². The average Bonchev–Trinajstić information content (AvgIpc) is 2.77. The lowest BCUT2D eigenvalue weighted by atomic mass is 10.4. The van der Waals surface area contributed by atoms with Crippen molar-refractivity contribution in [3.8, 4) is 0 Å². The standard InChI is InChI=1S/C9H9ClN4O4/c1-13-6-4(7(15)14(2)9(13)18)11-5(12-6)3(10)8(16)17/h3H,1-2H3,(H,11,12)(H,16,17). The number of aryl methyl sites for hydroxylation is 1. The average molecular weight is 273 g/mol. The Labute approximate surface area is 104 Å². The number of alkyl halides is 1. The van der Waals surface area contributed by atoms with Crippen molar-refractivity contribution in [3.05, 3.63) is 26.7 Å². The maximum Gasteiger partial charge on any atom is 0.332 e. The summed E-state index contributed by atoms with van der Waals surface area (Å²) in [6, 6.07) is 0. The van der Waals surface area contributed by atoms with Crippen LogP contribution >= 0.6 is 11.6 Å². The number of aromatic amines is 1. The van der Waals surface area contributed by atoms with Gasteiger partial charge in [0.25, 0.3) is 5.56 Å². The van der Waals surface area contributed by atoms with E-state index in [1.165, 1.54) is 14.1 Å². The Kier molecular flexibility index (Phi) is 2.74. The van der Waals surface area contributed by atoms with Crippen molar-refractivity contribution >= 4 is 28.7 Å². The van der Waals surface area contributed by atoms with Crippen LogP contribution in [0.25, 0.3) is 11.2 Å². The molecule has 8 nitrogen and oxygen atoms in total. The zero-order valence-corrected chi connectivity index (χ0v) is 10.2. The van der Waals surface area contributed by atoms with E-state index in [1.54, 1.807) is 0 Å². The minimum Gasteiger partial charge on any atom is -0.480 e. The number of halogens is 1. The first-order valence-electron chi connectivity index (χ1n) is 4.87. The summed E-state index contributed by atoms with van der Waals surface area (Å²) in [7, 11) is 2.75. The maximum atomic E-state index is 11.8. The van der Waals surface area contributed by atoms with Crippen LogP contribution in [0.5, 0.6) is 0 Å². The highest BCUT2D eigenvalue weighted by atomic mass is 35.5. The summed E-state index contributed by atoms with van der Waals surface area (Å²) < 4.78 is 2.04. The lowest BCUT2D eigenvalue weighted by molar-refractivity contribution is -0.136. The van der Waals surface area contributed by atoms with Gasteiger partial charge >= 0.3 is 11.7 Å². The Hall–Kier alpha value is -2.09. The second-order valence-corrected chi connectivity index (χ2v) is 4.16. The molecule has 2 heterocycles. The molecule has 1 unspecified atom stereocenters. The van der Waals surface area contributed by atoms with Gasteiger partial charge in [0.2, 0.25) is 0 Å². The number of carboxylic acids is 1. The van der Waals surface area contributed by atoms with Crippen LogP contribution < -0.4 is 11.2 Å². The van der Waals surface area contributed by atoms with Crippen molar-refractivity contribution in [3.63, 3.8) is 0 Å². The van der Waals surface area contributed by atoms with Crippen LogP contribution in [-0.4, -0.2) is 30.2 Å². The van der Waals surface area contributed by atoms with E-state index < -0.39 is 22.6 Å². The molecule has 0 amide bonds. The first-order valence-corrected chi connectivity index (χ1v) is 5.30. The molecule has 2 aromatic heterocycles. The number of nitrogens with zero attached hydrogens (tertiary/aromatic N) is 3. The van der Waals surface area contributed by atoms with Gasteiger partial charge in [-0.15, -0.1) is 11.6 Å². The molecular formula is C9H9ClN4O4. The van der Waals surface area contributed by atoms with Crippen molar-refractivity contribution in [2.24, 2.45) is 14.1 Å². The number of aliphatic carboxylic acids is 1. The highest BCUT2D eigenvalue weighted by Crippen LogP contribution is 2.18. The number of hydrogen-bond acceptors (Lipinski definition) is 4. The molecule has 0 saturated heterocycles. The third-order valence-corrected chi connectivity index (χ3v) is 2.96. The highest BCUT2D eigenvalue weighted by molar-refractivity contribution is 6.29. The van der Waals surface area contributed by atoms with Gasteiger partial charge in [-0.3, -0.25) is 18.7 Å². The monoisotopic (exact) mass is 272 g/mol. The van der Waals surface area contributed by atoms with E-state index in [0.717, 1.165) is 9.13 Å². The zero-order valence-electron chi connectivity index (χ0n) is 9.47. The summed E-state index contributed by atoms with van der Waals surface area (Å²) >= 11 is 5.61. The van der Waals surface area contributed by atoms with Gasteiger partial charge in [-0.25, -0.2) is 9.78 Å². The van der Waals surface area contributed by atoms with Crippen LogP contribution in [-0.2, 0) is 18.9 Å². The number of rotatable bonds is 2. The van der Waals surface area contributed by atoms with E-state index in [9.17, 15) is 14.4 Å². The molecule has 0 radical (unpaired) electrons. The summed E-state index contributed by atoms with van der Waals surface area (Å²) in [5.41, 5.74) is -1.01. The van der Waals surface area contributed by atoms with Crippen molar-refractivity contribution in [2.45, 2.75) is 5.38 Å². The van der Waals surface area contributed by atoms with Crippen molar-refractivity contribution in [1.82, 2.24) is 19.1 Å². The fraction of sp³-hybridized carbons (Fsp3) is 0.333. The smallest absolute Gasteiger partial charge is 0.332 e. The fourth-order valence-corrected chi connectivity index (χ4v) is 1.68. The number of hydrogen-bond donors (Lipinski definition) is 2. The molecular weight excluding hydrogens is 264 g/mol. The fourth-order valence-electron chi connectivity index (χ4n) is 1.58. The van der Waals surface area contributed by atoms with Crippen molar-refractivity contribution < 1.29 is 9.90 Å². The van der Waals surface area contributed by atoms with Gasteiger partial charge in [-0.1, -0.05) is 0 Å². The van der Waals surface area contributed by atoms with Gasteiger partial charge in [0.05, 0.1) is 0 Å². The summed E-state index contributed by atoms with van der Waals surface area (Å²) in [6.45, 7) is 0. The van der Waals surface area contributed by atoms with Gasteiger partial charge in [0.15, 0.2) is 11.0 Å². The van der Waals surface area contributed by atoms with Crippen molar-refractivity contribution in [1.29, 1.82) is 0 Å². The number of nitrogens with one attached hydrogen (secondary N) is 1. The molecule has 0 aliphatic rings. The lowest BCUT2D eigenvalue weighted by Crippen LogP contribution is -2.36. The summed E-state index contributed by atoms with van der Waals surface area (Å²) in [5, 5.41) is 7.36. The number of carboxylic acid groups (broad SMARTS) is 1. The zero-order chi connectivity index (χ0) is 13.6. The maximum absolute atomic E-state index is 11.8. The molecule has 18 heavy (non-hydrogen) atoms. The normalized spacial score (nSPS) is 12.8. The van der Waals surface area contributed by atoms with Crippen LogP contribution in [0.2, 0.25) is 0 Å². The van der Waals surface area contributed by atoms with E-state index in [0.29, 0.717) is 0 Å². The third kappa shape index (κ3) is 1.61. The van der Waals surface area contributed by atoms with Crippen LogP contribution in [0.15, 0.2) is 9.59 Å². The van der Waals surface area contributed by atoms with Gasteiger partial charge in [-0.05, 0) is 0 Å². The summed E-state index contributed by atoms with van der Waals surface area (Å²) in [6.07, 6.45) is 0. The van der Waals surface area contributed by atoms with E-state index in [1.807, 2.05) is 0 Å². The Morgan fingerprint density at radius 1 is 1.39 bits per heavy atom. The predicted octanol–water partition coefficient (Wildman–Crippen LogP) is -0.675. The second-order valence-electron chi connectivity index (χ2n) is 3.73. The minimum absolute atomic E-state index is 0.0431. The van der Waals surface area contributed by atoms with E-state index >= 15 is 0 Å². The molecule has 1 atom stereocenters. The third-order valence-electron chi connectivity index (χ3n) is 2.57. The molecule has 0 fully saturated rings. The second kappa shape index (κ2) is 3.98. The number of fused-ring (bicyclic) bond motifs is 1. The summed E-state index contributed by atoms with van der Waals surface area (Å²) in [5.74, 6) is -1.38. The molecule has 96 valence electrons. The summed E-state index contributed by atoms with van der Waals surface area (Å²) in [4.78, 5) is 40.6. The Morgan fingerprint density at radius 3 is 2.56 bits per heavy atom. The first kappa shape index (κ1) is 12.4. The van der Waals surface area contributed by atoms with Crippen molar-refractivity contribution in [2.75, 3.05) is 0 Å². The van der Waals surface area contributed by atoms with Gasteiger partial charge in [-0.2, -0.15) is 0 Å². The molecule has 2 aromatic rings. The Bertz CT molecular complexity index is 756. The number of carbonyl (C=O) groups is 1.